The van der Waals surface area contributed by atoms with Crippen LogP contribution in [0.4, 0.5) is 0 Å². The predicted molar refractivity (Wildman–Crippen MR) is 77.9 cm³/mol. The van der Waals surface area contributed by atoms with Crippen LogP contribution in [-0.4, -0.2) is 47.4 Å². The molecule has 0 bridgehead atoms. The van der Waals surface area contributed by atoms with E-state index in [1.807, 2.05) is 37.3 Å². The molecule has 0 amide bonds. The summed E-state index contributed by atoms with van der Waals surface area (Å²) in [5, 5.41) is 20.1. The van der Waals surface area contributed by atoms with E-state index < -0.39 is 30.6 Å². The fraction of sp³-hybridized carbons (Fsp3) is 0.562. The lowest BCUT2D eigenvalue weighted by molar-refractivity contribution is -0.255. The number of carbonyl (C=O) groups is 1. The van der Waals surface area contributed by atoms with Crippen LogP contribution in [0.5, 0.6) is 0 Å². The van der Waals surface area contributed by atoms with Crippen LogP contribution in [0.15, 0.2) is 30.3 Å². The zero-order valence-corrected chi connectivity index (χ0v) is 12.7. The maximum atomic E-state index is 10.9. The van der Waals surface area contributed by atoms with Gasteiger partial charge in [-0.25, -0.2) is 0 Å². The molecule has 1 saturated heterocycles. The van der Waals surface area contributed by atoms with Gasteiger partial charge in [0, 0.05) is 13.3 Å². The second kappa shape index (κ2) is 7.69. The molecular weight excluding hydrogens is 288 g/mol. The lowest BCUT2D eigenvalue weighted by Crippen LogP contribution is -2.51. The van der Waals surface area contributed by atoms with Gasteiger partial charge in [0.05, 0.1) is 12.2 Å². The molecule has 22 heavy (non-hydrogen) atoms. The fourth-order valence-electron chi connectivity index (χ4n) is 2.45. The molecule has 0 spiro atoms. The molecule has 0 aliphatic carbocycles. The summed E-state index contributed by atoms with van der Waals surface area (Å²) >= 11 is 0. The highest BCUT2D eigenvalue weighted by Gasteiger charge is 2.39. The minimum absolute atomic E-state index is 0.118. The third-order valence-corrected chi connectivity index (χ3v) is 3.63. The summed E-state index contributed by atoms with van der Waals surface area (Å²) in [4.78, 5) is 10.9. The van der Waals surface area contributed by atoms with Crippen molar-refractivity contribution in [2.75, 3.05) is 6.61 Å². The molecule has 6 nitrogen and oxygen atoms in total. The van der Waals surface area contributed by atoms with Crippen molar-refractivity contribution in [1.82, 2.24) is 0 Å². The predicted octanol–water partition coefficient (Wildman–Crippen LogP) is 1.16. The molecule has 1 fully saturated rings. The van der Waals surface area contributed by atoms with Gasteiger partial charge < -0.3 is 24.4 Å². The molecule has 1 aromatic carbocycles. The first-order valence-electron chi connectivity index (χ1n) is 7.32. The van der Waals surface area contributed by atoms with Crippen LogP contribution in [0.1, 0.15) is 31.9 Å². The van der Waals surface area contributed by atoms with Crippen LogP contribution in [0.2, 0.25) is 0 Å². The fourth-order valence-corrected chi connectivity index (χ4v) is 2.45. The maximum Gasteiger partial charge on any atom is 0.302 e. The summed E-state index contributed by atoms with van der Waals surface area (Å²) < 4.78 is 15.9. The summed E-state index contributed by atoms with van der Waals surface area (Å²) in [6.45, 7) is 3.04. The van der Waals surface area contributed by atoms with Gasteiger partial charge in [0.25, 0.3) is 0 Å². The highest BCUT2D eigenvalue weighted by Crippen LogP contribution is 2.27. The van der Waals surface area contributed by atoms with Gasteiger partial charge in [-0.2, -0.15) is 0 Å². The molecule has 1 heterocycles. The number of benzene rings is 1. The Labute approximate surface area is 129 Å². The Balaban J connectivity index is 1.98. The highest BCUT2D eigenvalue weighted by molar-refractivity contribution is 5.65. The summed E-state index contributed by atoms with van der Waals surface area (Å²) in [6, 6.07) is 9.60. The molecule has 6 heteroatoms. The third kappa shape index (κ3) is 4.51. The number of esters is 1. The Bertz CT molecular complexity index is 477. The summed E-state index contributed by atoms with van der Waals surface area (Å²) in [6.07, 6.45) is -3.51. The van der Waals surface area contributed by atoms with Gasteiger partial charge in [-0.1, -0.05) is 30.3 Å². The monoisotopic (exact) mass is 310 g/mol. The largest absolute Gasteiger partial charge is 0.463 e. The number of aliphatic hydroxyl groups excluding tert-OH is 2. The molecule has 1 aliphatic rings. The Morgan fingerprint density at radius 2 is 2.05 bits per heavy atom. The van der Waals surface area contributed by atoms with Crippen molar-refractivity contribution in [2.45, 2.75) is 51.0 Å². The molecule has 1 aliphatic heterocycles. The number of carbonyl (C=O) groups excluding carboxylic acids is 1. The average Bonchev–Trinajstić information content (AvgIpc) is 2.49. The SMILES string of the molecule is CC(=O)OC[C@H]1OC(O)C[C@H](OC(C)c2ccccc2)[C@@H]1O. The van der Waals surface area contributed by atoms with Crippen LogP contribution < -0.4 is 0 Å². The molecule has 2 unspecified atom stereocenters. The number of hydrogen-bond acceptors (Lipinski definition) is 6. The Kier molecular flexibility index (Phi) is 5.90. The van der Waals surface area contributed by atoms with Crippen molar-refractivity contribution in [3.05, 3.63) is 35.9 Å². The molecular formula is C16H22O6. The first-order chi connectivity index (χ1) is 10.5. The van der Waals surface area contributed by atoms with Crippen LogP contribution >= 0.6 is 0 Å². The van der Waals surface area contributed by atoms with E-state index in [0.717, 1.165) is 5.56 Å². The van der Waals surface area contributed by atoms with Crippen molar-refractivity contribution in [3.63, 3.8) is 0 Å². The molecule has 2 N–H and O–H groups in total. The van der Waals surface area contributed by atoms with Crippen molar-refractivity contribution in [2.24, 2.45) is 0 Å². The average molecular weight is 310 g/mol. The molecule has 0 aromatic heterocycles. The Morgan fingerprint density at radius 3 is 2.68 bits per heavy atom. The van der Waals surface area contributed by atoms with Gasteiger partial charge in [-0.15, -0.1) is 0 Å². The van der Waals surface area contributed by atoms with Gasteiger partial charge in [0.1, 0.15) is 18.8 Å². The van der Waals surface area contributed by atoms with E-state index in [1.165, 1.54) is 6.92 Å². The van der Waals surface area contributed by atoms with Gasteiger partial charge in [-0.3, -0.25) is 4.79 Å². The first-order valence-corrected chi connectivity index (χ1v) is 7.32. The minimum atomic E-state index is -1.06. The van der Waals surface area contributed by atoms with E-state index in [2.05, 4.69) is 0 Å². The molecule has 122 valence electrons. The zero-order chi connectivity index (χ0) is 16.1. The summed E-state index contributed by atoms with van der Waals surface area (Å²) in [5.41, 5.74) is 0.979. The minimum Gasteiger partial charge on any atom is -0.463 e. The molecule has 1 aromatic rings. The van der Waals surface area contributed by atoms with Crippen molar-refractivity contribution < 1.29 is 29.2 Å². The van der Waals surface area contributed by atoms with E-state index >= 15 is 0 Å². The van der Waals surface area contributed by atoms with Crippen LogP contribution in [0.25, 0.3) is 0 Å². The maximum absolute atomic E-state index is 10.9. The number of aliphatic hydroxyl groups is 2. The lowest BCUT2D eigenvalue weighted by Gasteiger charge is -2.38. The Hall–Kier alpha value is -1.47. The van der Waals surface area contributed by atoms with Gasteiger partial charge in [-0.05, 0) is 12.5 Å². The van der Waals surface area contributed by atoms with Crippen LogP contribution in [-0.2, 0) is 19.0 Å². The quantitative estimate of drug-likeness (QED) is 0.794. The van der Waals surface area contributed by atoms with E-state index in [4.69, 9.17) is 14.2 Å². The third-order valence-electron chi connectivity index (χ3n) is 3.63. The standard InChI is InChI=1S/C16H22O6/c1-10(12-6-4-3-5-7-12)21-13-8-15(18)22-14(16(13)19)9-20-11(2)17/h3-7,10,13-16,18-19H,8-9H2,1-2H3/t10?,13-,14+,15?,16-/m0/s1. The molecule has 0 saturated carbocycles. The van der Waals surface area contributed by atoms with E-state index in [-0.39, 0.29) is 19.1 Å². The highest BCUT2D eigenvalue weighted by atomic mass is 16.6. The van der Waals surface area contributed by atoms with E-state index in [9.17, 15) is 15.0 Å². The number of rotatable bonds is 5. The summed E-state index contributed by atoms with van der Waals surface area (Å²) in [5.74, 6) is -0.467. The zero-order valence-electron chi connectivity index (χ0n) is 12.7. The second-order valence-corrected chi connectivity index (χ2v) is 5.39. The van der Waals surface area contributed by atoms with E-state index in [1.54, 1.807) is 0 Å². The molecule has 5 atom stereocenters. The second-order valence-electron chi connectivity index (χ2n) is 5.39. The smallest absolute Gasteiger partial charge is 0.302 e. The normalized spacial score (nSPS) is 29.8. The lowest BCUT2D eigenvalue weighted by atomic mass is 10.0. The first kappa shape index (κ1) is 16.9. The topological polar surface area (TPSA) is 85.2 Å². The summed E-state index contributed by atoms with van der Waals surface area (Å²) in [7, 11) is 0. The van der Waals surface area contributed by atoms with Crippen LogP contribution in [0.3, 0.4) is 0 Å². The number of hydrogen-bond donors (Lipinski definition) is 2. The Morgan fingerprint density at radius 1 is 1.36 bits per heavy atom. The number of ether oxygens (including phenoxy) is 3. The van der Waals surface area contributed by atoms with Crippen LogP contribution in [0, 0.1) is 0 Å². The van der Waals surface area contributed by atoms with Gasteiger partial charge >= 0.3 is 5.97 Å². The van der Waals surface area contributed by atoms with Crippen molar-refractivity contribution in [1.29, 1.82) is 0 Å². The van der Waals surface area contributed by atoms with Crippen molar-refractivity contribution >= 4 is 5.97 Å². The molecule has 2 rings (SSSR count). The van der Waals surface area contributed by atoms with E-state index in [0.29, 0.717) is 0 Å². The molecule has 0 radical (unpaired) electrons. The van der Waals surface area contributed by atoms with Crippen molar-refractivity contribution in [3.8, 4) is 0 Å². The van der Waals surface area contributed by atoms with Gasteiger partial charge in [0.15, 0.2) is 6.29 Å². The van der Waals surface area contributed by atoms with Gasteiger partial charge in [0.2, 0.25) is 0 Å².